The molecule has 0 amide bonds. The fourth-order valence-corrected chi connectivity index (χ4v) is 1.87. The Bertz CT molecular complexity index is 440. The zero-order valence-corrected chi connectivity index (χ0v) is 11.3. The van der Waals surface area contributed by atoms with Crippen molar-refractivity contribution in [1.29, 1.82) is 0 Å². The third kappa shape index (κ3) is 5.58. The molecule has 2 N–H and O–H groups in total. The van der Waals surface area contributed by atoms with E-state index in [0.717, 1.165) is 24.9 Å². The summed E-state index contributed by atoms with van der Waals surface area (Å²) in [5.41, 5.74) is 1.59. The lowest BCUT2D eigenvalue weighted by atomic mass is 10.1. The standard InChI is InChI=1S/C12H20N2O2S/c1-4-10(2)9-13-11-5-7-12(8-6-11)14-17(3,15)16/h5-8,10,13-14H,4,9H2,1-3H3. The summed E-state index contributed by atoms with van der Waals surface area (Å²) in [5.74, 6) is 0.629. The van der Waals surface area contributed by atoms with Crippen molar-refractivity contribution in [1.82, 2.24) is 0 Å². The first kappa shape index (κ1) is 13.8. The highest BCUT2D eigenvalue weighted by Crippen LogP contribution is 2.15. The van der Waals surface area contributed by atoms with Crippen LogP contribution < -0.4 is 10.0 Å². The molecular weight excluding hydrogens is 236 g/mol. The molecule has 1 aromatic rings. The minimum absolute atomic E-state index is 0.585. The third-order valence-corrected chi connectivity index (χ3v) is 3.15. The van der Waals surface area contributed by atoms with Gasteiger partial charge in [0.05, 0.1) is 6.26 Å². The summed E-state index contributed by atoms with van der Waals surface area (Å²) in [5, 5.41) is 3.31. The number of hydrogen-bond acceptors (Lipinski definition) is 3. The van der Waals surface area contributed by atoms with Crippen LogP contribution in [0.4, 0.5) is 11.4 Å². The van der Waals surface area contributed by atoms with Gasteiger partial charge in [-0.25, -0.2) is 8.42 Å². The largest absolute Gasteiger partial charge is 0.385 e. The van der Waals surface area contributed by atoms with Gasteiger partial charge in [0.15, 0.2) is 0 Å². The monoisotopic (exact) mass is 256 g/mol. The molecular formula is C12H20N2O2S. The van der Waals surface area contributed by atoms with Gasteiger partial charge in [-0.15, -0.1) is 0 Å². The summed E-state index contributed by atoms with van der Waals surface area (Å²) in [6.07, 6.45) is 2.28. The Hall–Kier alpha value is -1.23. The van der Waals surface area contributed by atoms with E-state index in [4.69, 9.17) is 0 Å². The highest BCUT2D eigenvalue weighted by molar-refractivity contribution is 7.92. The van der Waals surface area contributed by atoms with E-state index < -0.39 is 10.0 Å². The van der Waals surface area contributed by atoms with Crippen LogP contribution in [0.25, 0.3) is 0 Å². The van der Waals surface area contributed by atoms with Crippen molar-refractivity contribution in [3.05, 3.63) is 24.3 Å². The predicted octanol–water partition coefficient (Wildman–Crippen LogP) is 2.52. The van der Waals surface area contributed by atoms with Crippen molar-refractivity contribution >= 4 is 21.4 Å². The van der Waals surface area contributed by atoms with E-state index in [0.29, 0.717) is 11.6 Å². The zero-order valence-electron chi connectivity index (χ0n) is 10.5. The van der Waals surface area contributed by atoms with E-state index in [-0.39, 0.29) is 0 Å². The lowest BCUT2D eigenvalue weighted by molar-refractivity contribution is 0.593. The molecule has 0 bridgehead atoms. The highest BCUT2D eigenvalue weighted by atomic mass is 32.2. The first-order valence-corrected chi connectivity index (χ1v) is 7.61. The second-order valence-corrected chi connectivity index (χ2v) is 6.09. The lowest BCUT2D eigenvalue weighted by Gasteiger charge is -2.12. The van der Waals surface area contributed by atoms with Crippen LogP contribution in [0, 0.1) is 5.92 Å². The van der Waals surface area contributed by atoms with Gasteiger partial charge in [0.25, 0.3) is 0 Å². The Morgan fingerprint density at radius 2 is 1.71 bits per heavy atom. The molecule has 5 heteroatoms. The van der Waals surface area contributed by atoms with Gasteiger partial charge in [0.1, 0.15) is 0 Å². The third-order valence-electron chi connectivity index (χ3n) is 2.54. The second kappa shape index (κ2) is 5.91. The molecule has 0 aliphatic carbocycles. The molecule has 0 aliphatic rings. The smallest absolute Gasteiger partial charge is 0.229 e. The van der Waals surface area contributed by atoms with Crippen LogP contribution >= 0.6 is 0 Å². The molecule has 0 heterocycles. The minimum Gasteiger partial charge on any atom is -0.385 e. The predicted molar refractivity (Wildman–Crippen MR) is 72.9 cm³/mol. The van der Waals surface area contributed by atoms with E-state index in [9.17, 15) is 8.42 Å². The van der Waals surface area contributed by atoms with Gasteiger partial charge < -0.3 is 5.32 Å². The molecule has 0 radical (unpaired) electrons. The van der Waals surface area contributed by atoms with Crippen molar-refractivity contribution in [3.8, 4) is 0 Å². The molecule has 1 aromatic carbocycles. The fraction of sp³-hybridized carbons (Fsp3) is 0.500. The minimum atomic E-state index is -3.19. The topological polar surface area (TPSA) is 58.2 Å². The van der Waals surface area contributed by atoms with Gasteiger partial charge in [0.2, 0.25) is 10.0 Å². The summed E-state index contributed by atoms with van der Waals surface area (Å²) < 4.78 is 24.5. The molecule has 4 nitrogen and oxygen atoms in total. The van der Waals surface area contributed by atoms with E-state index >= 15 is 0 Å². The van der Waals surface area contributed by atoms with Crippen molar-refractivity contribution < 1.29 is 8.42 Å². The van der Waals surface area contributed by atoms with Gasteiger partial charge in [-0.3, -0.25) is 4.72 Å². The maximum atomic E-state index is 11.0. The van der Waals surface area contributed by atoms with Crippen LogP contribution in [0.15, 0.2) is 24.3 Å². The molecule has 0 saturated heterocycles. The first-order valence-electron chi connectivity index (χ1n) is 5.72. The normalized spacial score (nSPS) is 13.1. The van der Waals surface area contributed by atoms with Crippen LogP contribution in [0.2, 0.25) is 0 Å². The molecule has 17 heavy (non-hydrogen) atoms. The molecule has 96 valence electrons. The Labute approximate surface area is 103 Å². The maximum absolute atomic E-state index is 11.0. The van der Waals surface area contributed by atoms with Crippen LogP contribution in [0.3, 0.4) is 0 Å². The number of hydrogen-bond donors (Lipinski definition) is 2. The number of benzene rings is 1. The van der Waals surface area contributed by atoms with Crippen molar-refractivity contribution in [2.24, 2.45) is 5.92 Å². The first-order chi connectivity index (χ1) is 7.90. The number of nitrogens with one attached hydrogen (secondary N) is 2. The second-order valence-electron chi connectivity index (χ2n) is 4.35. The van der Waals surface area contributed by atoms with Crippen molar-refractivity contribution in [2.75, 3.05) is 22.8 Å². The molecule has 0 aliphatic heterocycles. The molecule has 1 rings (SSSR count). The summed E-state index contributed by atoms with van der Waals surface area (Å²) in [6.45, 7) is 5.27. The lowest BCUT2D eigenvalue weighted by Crippen LogP contribution is -2.11. The quantitative estimate of drug-likeness (QED) is 0.822. The van der Waals surface area contributed by atoms with Gasteiger partial charge in [0, 0.05) is 17.9 Å². The molecule has 1 atom stereocenters. The average molecular weight is 256 g/mol. The van der Waals surface area contributed by atoms with E-state index in [1.54, 1.807) is 12.1 Å². The van der Waals surface area contributed by atoms with Crippen molar-refractivity contribution in [2.45, 2.75) is 20.3 Å². The molecule has 1 unspecified atom stereocenters. The van der Waals surface area contributed by atoms with E-state index in [1.807, 2.05) is 12.1 Å². The summed E-state index contributed by atoms with van der Waals surface area (Å²) >= 11 is 0. The molecule has 0 aromatic heterocycles. The van der Waals surface area contributed by atoms with Gasteiger partial charge >= 0.3 is 0 Å². The number of rotatable bonds is 6. The van der Waals surface area contributed by atoms with Crippen LogP contribution in [0.1, 0.15) is 20.3 Å². The molecule has 0 spiro atoms. The van der Waals surface area contributed by atoms with Gasteiger partial charge in [-0.1, -0.05) is 20.3 Å². The van der Waals surface area contributed by atoms with Crippen LogP contribution in [0.5, 0.6) is 0 Å². The van der Waals surface area contributed by atoms with Crippen molar-refractivity contribution in [3.63, 3.8) is 0 Å². The summed E-state index contributed by atoms with van der Waals surface area (Å²) in [7, 11) is -3.19. The van der Waals surface area contributed by atoms with E-state index in [1.165, 1.54) is 0 Å². The number of anilines is 2. The Morgan fingerprint density at radius 1 is 1.18 bits per heavy atom. The Kier molecular flexibility index (Phi) is 4.81. The fourth-order valence-electron chi connectivity index (χ4n) is 1.31. The van der Waals surface area contributed by atoms with Gasteiger partial charge in [-0.05, 0) is 30.2 Å². The average Bonchev–Trinajstić information content (AvgIpc) is 2.25. The Morgan fingerprint density at radius 3 is 2.18 bits per heavy atom. The molecule has 0 saturated carbocycles. The number of sulfonamides is 1. The van der Waals surface area contributed by atoms with Crippen LogP contribution in [-0.2, 0) is 10.0 Å². The van der Waals surface area contributed by atoms with E-state index in [2.05, 4.69) is 23.9 Å². The highest BCUT2D eigenvalue weighted by Gasteiger charge is 2.02. The summed E-state index contributed by atoms with van der Waals surface area (Å²) in [6, 6.07) is 7.24. The molecule has 0 fully saturated rings. The SMILES string of the molecule is CCC(C)CNc1ccc(NS(C)(=O)=O)cc1. The van der Waals surface area contributed by atoms with Crippen LogP contribution in [-0.4, -0.2) is 21.2 Å². The van der Waals surface area contributed by atoms with Gasteiger partial charge in [-0.2, -0.15) is 0 Å². The Balaban J connectivity index is 2.56. The maximum Gasteiger partial charge on any atom is 0.229 e. The summed E-state index contributed by atoms with van der Waals surface area (Å²) in [4.78, 5) is 0. The zero-order chi connectivity index (χ0) is 12.9.